The van der Waals surface area contributed by atoms with Crippen molar-refractivity contribution in [1.29, 1.82) is 5.26 Å². The summed E-state index contributed by atoms with van der Waals surface area (Å²) < 4.78 is 2.16. The first-order valence-electron chi connectivity index (χ1n) is 8.92. The first-order valence-corrected chi connectivity index (χ1v) is 8.92. The van der Waals surface area contributed by atoms with E-state index in [0.29, 0.717) is 5.82 Å². The van der Waals surface area contributed by atoms with Gasteiger partial charge in [0.25, 0.3) is 5.82 Å². The van der Waals surface area contributed by atoms with E-state index in [9.17, 15) is 5.26 Å². The Hall–Kier alpha value is -4.55. The van der Waals surface area contributed by atoms with Crippen molar-refractivity contribution in [3.63, 3.8) is 0 Å². The lowest BCUT2D eigenvalue weighted by Gasteiger charge is -2.12. The number of nitriles is 1. The monoisotopic (exact) mass is 372 g/mol. The first kappa shape index (κ1) is 16.6. The Morgan fingerprint density at radius 2 is 1.41 bits per heavy atom. The molecule has 5 aromatic rings. The number of hydrogen-bond donors (Lipinski definition) is 0. The normalized spacial score (nSPS) is 10.7. The fourth-order valence-electron chi connectivity index (χ4n) is 3.62. The van der Waals surface area contributed by atoms with Crippen LogP contribution in [0.15, 0.2) is 72.8 Å². The van der Waals surface area contributed by atoms with Crippen molar-refractivity contribution in [3.05, 3.63) is 90.0 Å². The minimum atomic E-state index is -0.0939. The maximum atomic E-state index is 9.25. The lowest BCUT2D eigenvalue weighted by atomic mass is 10.1. The SMILES string of the molecule is [C-]#[N+]c1nc(C#N)nc(-c2ccccc2-n2c3ccccc3c3ccccc32)n1. The molecular formula is C23H12N6. The minimum Gasteiger partial charge on any atom is -0.394 e. The summed E-state index contributed by atoms with van der Waals surface area (Å²) in [7, 11) is 0. The Balaban J connectivity index is 1.88. The zero-order chi connectivity index (χ0) is 19.8. The molecule has 2 aromatic heterocycles. The van der Waals surface area contributed by atoms with Crippen LogP contribution in [-0.2, 0) is 0 Å². The third-order valence-corrected chi connectivity index (χ3v) is 4.79. The van der Waals surface area contributed by atoms with Crippen LogP contribution in [0.25, 0.3) is 43.7 Å². The second-order valence-electron chi connectivity index (χ2n) is 6.39. The van der Waals surface area contributed by atoms with E-state index < -0.39 is 0 Å². The lowest BCUT2D eigenvalue weighted by molar-refractivity contribution is 1.04. The average molecular weight is 372 g/mol. The number of aromatic nitrogens is 4. The van der Waals surface area contributed by atoms with E-state index in [1.54, 1.807) is 0 Å². The molecule has 134 valence electrons. The standard InChI is InChI=1S/C23H12N6/c1-25-23-27-21(14-24)26-22(28-23)17-10-4-7-13-20(17)29-18-11-5-2-8-15(18)16-9-3-6-12-19(16)29/h2-13H. The maximum absolute atomic E-state index is 9.25. The molecule has 0 amide bonds. The van der Waals surface area contributed by atoms with Gasteiger partial charge in [-0.05, 0) is 24.3 Å². The zero-order valence-corrected chi connectivity index (χ0v) is 15.1. The van der Waals surface area contributed by atoms with Crippen LogP contribution in [0.3, 0.4) is 0 Å². The van der Waals surface area contributed by atoms with E-state index in [-0.39, 0.29) is 11.8 Å². The van der Waals surface area contributed by atoms with Crippen molar-refractivity contribution < 1.29 is 0 Å². The van der Waals surface area contributed by atoms with Gasteiger partial charge in [0, 0.05) is 10.8 Å². The summed E-state index contributed by atoms with van der Waals surface area (Å²) in [4.78, 5) is 15.7. The molecule has 0 aliphatic carbocycles. The van der Waals surface area contributed by atoms with Gasteiger partial charge in [-0.25, -0.2) is 0 Å². The van der Waals surface area contributed by atoms with E-state index in [4.69, 9.17) is 6.57 Å². The molecule has 0 saturated heterocycles. The third kappa shape index (κ3) is 2.60. The topological polar surface area (TPSA) is 71.8 Å². The molecule has 0 aliphatic heterocycles. The van der Waals surface area contributed by atoms with Crippen LogP contribution in [0.1, 0.15) is 5.82 Å². The Morgan fingerprint density at radius 1 is 0.793 bits per heavy atom. The summed E-state index contributed by atoms with van der Waals surface area (Å²) in [5.74, 6) is 0.140. The number of hydrogen-bond acceptors (Lipinski definition) is 4. The number of rotatable bonds is 2. The van der Waals surface area contributed by atoms with E-state index in [2.05, 4.69) is 48.6 Å². The van der Waals surface area contributed by atoms with Gasteiger partial charge in [0.2, 0.25) is 5.82 Å². The molecule has 6 nitrogen and oxygen atoms in total. The molecule has 0 N–H and O–H groups in total. The Labute approximate surface area is 166 Å². The molecular weight excluding hydrogens is 360 g/mol. The summed E-state index contributed by atoms with van der Waals surface area (Å²) in [6.07, 6.45) is 0. The molecule has 0 radical (unpaired) electrons. The van der Waals surface area contributed by atoms with E-state index in [0.717, 1.165) is 33.1 Å². The Bertz CT molecular complexity index is 1400. The lowest BCUT2D eigenvalue weighted by Crippen LogP contribution is -2.01. The van der Waals surface area contributed by atoms with Crippen LogP contribution < -0.4 is 0 Å². The largest absolute Gasteiger partial charge is 0.394 e. The van der Waals surface area contributed by atoms with Crippen LogP contribution in [-0.4, -0.2) is 19.5 Å². The minimum absolute atomic E-state index is 0.0713. The fourth-order valence-corrected chi connectivity index (χ4v) is 3.62. The molecule has 0 fully saturated rings. The van der Waals surface area contributed by atoms with Gasteiger partial charge in [-0.1, -0.05) is 48.5 Å². The van der Waals surface area contributed by atoms with Gasteiger partial charge >= 0.3 is 5.95 Å². The second-order valence-corrected chi connectivity index (χ2v) is 6.39. The van der Waals surface area contributed by atoms with E-state index >= 15 is 0 Å². The molecule has 6 heteroatoms. The quantitative estimate of drug-likeness (QED) is 0.406. The second kappa shape index (κ2) is 6.56. The molecule has 0 unspecified atom stereocenters. The van der Waals surface area contributed by atoms with Crippen molar-refractivity contribution in [3.8, 4) is 23.1 Å². The van der Waals surface area contributed by atoms with E-state index in [1.807, 2.05) is 54.6 Å². The maximum Gasteiger partial charge on any atom is 0.376 e. The van der Waals surface area contributed by atoms with Crippen molar-refractivity contribution in [2.24, 2.45) is 0 Å². The van der Waals surface area contributed by atoms with Crippen molar-refractivity contribution in [2.45, 2.75) is 0 Å². The van der Waals surface area contributed by atoms with Crippen LogP contribution >= 0.6 is 0 Å². The molecule has 0 spiro atoms. The van der Waals surface area contributed by atoms with Gasteiger partial charge in [-0.3, -0.25) is 0 Å². The molecule has 0 bridgehead atoms. The third-order valence-electron chi connectivity index (χ3n) is 4.79. The summed E-state index contributed by atoms with van der Waals surface area (Å²) in [5.41, 5.74) is 3.71. The predicted octanol–water partition coefficient (Wildman–Crippen LogP) is 5.06. The van der Waals surface area contributed by atoms with Crippen molar-refractivity contribution in [2.75, 3.05) is 0 Å². The number of benzene rings is 3. The molecule has 5 rings (SSSR count). The molecule has 3 aromatic carbocycles. The highest BCUT2D eigenvalue weighted by atomic mass is 15.1. The van der Waals surface area contributed by atoms with Crippen LogP contribution in [0.5, 0.6) is 0 Å². The first-order chi connectivity index (χ1) is 14.3. The summed E-state index contributed by atoms with van der Waals surface area (Å²) >= 11 is 0. The van der Waals surface area contributed by atoms with Crippen LogP contribution in [0.2, 0.25) is 0 Å². The molecule has 2 heterocycles. The van der Waals surface area contributed by atoms with Gasteiger partial charge in [-0.2, -0.15) is 10.2 Å². The summed E-state index contributed by atoms with van der Waals surface area (Å²) in [6, 6.07) is 26.1. The molecule has 0 saturated carbocycles. The number of fused-ring (bicyclic) bond motifs is 3. The van der Waals surface area contributed by atoms with Gasteiger partial charge in [0.05, 0.1) is 22.3 Å². The highest BCUT2D eigenvalue weighted by Gasteiger charge is 2.19. The fraction of sp³-hybridized carbons (Fsp3) is 0. The number of para-hydroxylation sites is 3. The summed E-state index contributed by atoms with van der Waals surface area (Å²) in [6.45, 7) is 7.24. The molecule has 29 heavy (non-hydrogen) atoms. The molecule has 0 aliphatic rings. The van der Waals surface area contributed by atoms with Gasteiger partial charge in [0.15, 0.2) is 6.07 Å². The number of nitrogens with zero attached hydrogens (tertiary/aromatic N) is 6. The van der Waals surface area contributed by atoms with Gasteiger partial charge < -0.3 is 9.41 Å². The van der Waals surface area contributed by atoms with Crippen molar-refractivity contribution in [1.82, 2.24) is 19.5 Å². The van der Waals surface area contributed by atoms with Crippen LogP contribution in [0, 0.1) is 17.9 Å². The van der Waals surface area contributed by atoms with Crippen LogP contribution in [0.4, 0.5) is 5.95 Å². The van der Waals surface area contributed by atoms with Gasteiger partial charge in [0.1, 0.15) is 0 Å². The average Bonchev–Trinajstić information content (AvgIpc) is 3.13. The predicted molar refractivity (Wildman–Crippen MR) is 111 cm³/mol. The van der Waals surface area contributed by atoms with E-state index in [1.165, 1.54) is 0 Å². The summed E-state index contributed by atoms with van der Waals surface area (Å²) in [5, 5.41) is 11.5. The zero-order valence-electron chi connectivity index (χ0n) is 15.1. The molecule has 0 atom stereocenters. The Kier molecular flexibility index (Phi) is 3.76. The van der Waals surface area contributed by atoms with Crippen molar-refractivity contribution >= 4 is 27.8 Å². The Morgan fingerprint density at radius 3 is 2.07 bits per heavy atom. The van der Waals surface area contributed by atoms with Gasteiger partial charge in [-0.15, -0.1) is 16.5 Å². The highest BCUT2D eigenvalue weighted by Crippen LogP contribution is 2.35. The highest BCUT2D eigenvalue weighted by molar-refractivity contribution is 6.09. The smallest absolute Gasteiger partial charge is 0.376 e.